The summed E-state index contributed by atoms with van der Waals surface area (Å²) in [7, 11) is 0. The Morgan fingerprint density at radius 2 is 2.27 bits per heavy atom. The van der Waals surface area contributed by atoms with Crippen molar-refractivity contribution in [2.45, 2.75) is 19.8 Å². The van der Waals surface area contributed by atoms with Crippen molar-refractivity contribution in [1.29, 1.82) is 0 Å². The zero-order chi connectivity index (χ0) is 11.3. The van der Waals surface area contributed by atoms with Crippen molar-refractivity contribution >= 4 is 23.3 Å². The topological polar surface area (TPSA) is 49.3 Å². The van der Waals surface area contributed by atoms with E-state index in [4.69, 9.17) is 16.7 Å². The number of benzene rings is 1. The van der Waals surface area contributed by atoms with Gasteiger partial charge in [0.25, 0.3) is 0 Å². The number of hydrogen-bond acceptors (Lipinski definition) is 2. The molecule has 0 unspecified atom stereocenters. The Bertz CT molecular complexity index is 352. The van der Waals surface area contributed by atoms with Gasteiger partial charge in [-0.2, -0.15) is 0 Å². The molecule has 0 bridgehead atoms. The first kappa shape index (κ1) is 11.9. The highest BCUT2D eigenvalue weighted by atomic mass is 35.5. The van der Waals surface area contributed by atoms with Crippen molar-refractivity contribution < 1.29 is 9.90 Å². The molecule has 0 spiro atoms. The van der Waals surface area contributed by atoms with Crippen molar-refractivity contribution in [2.24, 2.45) is 0 Å². The van der Waals surface area contributed by atoms with Crippen molar-refractivity contribution in [1.82, 2.24) is 0 Å². The zero-order valence-electron chi connectivity index (χ0n) is 8.59. The number of aryl methyl sites for hydroxylation is 1. The van der Waals surface area contributed by atoms with E-state index in [9.17, 15) is 4.79 Å². The average Bonchev–Trinajstić information content (AvgIpc) is 2.14. The molecule has 1 aromatic rings. The van der Waals surface area contributed by atoms with Crippen LogP contribution in [0.15, 0.2) is 18.2 Å². The van der Waals surface area contributed by atoms with E-state index >= 15 is 0 Å². The maximum Gasteiger partial charge on any atom is 0.303 e. The van der Waals surface area contributed by atoms with Crippen LogP contribution in [0, 0.1) is 6.92 Å². The molecule has 0 atom stereocenters. The minimum Gasteiger partial charge on any atom is -0.481 e. The lowest BCUT2D eigenvalue weighted by Gasteiger charge is -2.07. The van der Waals surface area contributed by atoms with Gasteiger partial charge in [-0.25, -0.2) is 0 Å². The van der Waals surface area contributed by atoms with E-state index in [0.717, 1.165) is 11.3 Å². The summed E-state index contributed by atoms with van der Waals surface area (Å²) in [6.07, 6.45) is 0.774. The third kappa shape index (κ3) is 4.21. The number of anilines is 1. The molecule has 1 aromatic carbocycles. The SMILES string of the molecule is Cc1ccc(NCCCC(=O)O)c(Cl)c1. The van der Waals surface area contributed by atoms with Crippen molar-refractivity contribution in [3.63, 3.8) is 0 Å². The molecule has 0 heterocycles. The lowest BCUT2D eigenvalue weighted by molar-refractivity contribution is -0.137. The lowest BCUT2D eigenvalue weighted by Crippen LogP contribution is -2.05. The Kier molecular flexibility index (Phi) is 4.43. The van der Waals surface area contributed by atoms with Crippen LogP contribution in [0.1, 0.15) is 18.4 Å². The fourth-order valence-electron chi connectivity index (χ4n) is 1.23. The number of halogens is 1. The van der Waals surface area contributed by atoms with E-state index in [1.165, 1.54) is 0 Å². The highest BCUT2D eigenvalue weighted by Gasteiger charge is 2.00. The highest BCUT2D eigenvalue weighted by Crippen LogP contribution is 2.22. The number of nitrogens with one attached hydrogen (secondary N) is 1. The lowest BCUT2D eigenvalue weighted by atomic mass is 10.2. The van der Waals surface area contributed by atoms with Gasteiger partial charge in [0.2, 0.25) is 0 Å². The van der Waals surface area contributed by atoms with Crippen molar-refractivity contribution in [3.05, 3.63) is 28.8 Å². The maximum atomic E-state index is 10.3. The first-order valence-corrected chi connectivity index (χ1v) is 5.19. The van der Waals surface area contributed by atoms with Crippen LogP contribution >= 0.6 is 11.6 Å². The Morgan fingerprint density at radius 3 is 2.87 bits per heavy atom. The number of carboxylic acid groups (broad SMARTS) is 1. The Morgan fingerprint density at radius 1 is 1.53 bits per heavy atom. The highest BCUT2D eigenvalue weighted by molar-refractivity contribution is 6.33. The molecule has 3 nitrogen and oxygen atoms in total. The maximum absolute atomic E-state index is 10.3. The van der Waals surface area contributed by atoms with Crippen LogP contribution in [-0.4, -0.2) is 17.6 Å². The second-order valence-corrected chi connectivity index (χ2v) is 3.81. The second-order valence-electron chi connectivity index (χ2n) is 3.41. The minimum atomic E-state index is -0.771. The predicted molar refractivity (Wildman–Crippen MR) is 61.5 cm³/mol. The first-order valence-electron chi connectivity index (χ1n) is 4.81. The zero-order valence-corrected chi connectivity index (χ0v) is 9.34. The van der Waals surface area contributed by atoms with Crippen LogP contribution in [-0.2, 0) is 4.79 Å². The van der Waals surface area contributed by atoms with Gasteiger partial charge in [-0.15, -0.1) is 0 Å². The molecule has 0 fully saturated rings. The summed E-state index contributed by atoms with van der Waals surface area (Å²) in [6.45, 7) is 2.59. The molecule has 15 heavy (non-hydrogen) atoms. The van der Waals surface area contributed by atoms with Crippen LogP contribution in [0.5, 0.6) is 0 Å². The van der Waals surface area contributed by atoms with Crippen LogP contribution < -0.4 is 5.32 Å². The number of hydrogen-bond donors (Lipinski definition) is 2. The van der Waals surface area contributed by atoms with E-state index in [-0.39, 0.29) is 6.42 Å². The van der Waals surface area contributed by atoms with Gasteiger partial charge in [-0.3, -0.25) is 4.79 Å². The molecule has 2 N–H and O–H groups in total. The first-order chi connectivity index (χ1) is 7.09. The smallest absolute Gasteiger partial charge is 0.303 e. The molecular formula is C11H14ClNO2. The molecule has 0 aliphatic heterocycles. The fourth-order valence-corrected chi connectivity index (χ4v) is 1.53. The second kappa shape index (κ2) is 5.61. The quantitative estimate of drug-likeness (QED) is 0.761. The van der Waals surface area contributed by atoms with E-state index in [0.29, 0.717) is 18.0 Å². The number of carbonyl (C=O) groups is 1. The van der Waals surface area contributed by atoms with Gasteiger partial charge in [-0.05, 0) is 31.0 Å². The molecule has 0 saturated heterocycles. The molecule has 1 rings (SSSR count). The molecule has 0 aliphatic carbocycles. The molecule has 82 valence electrons. The van der Waals surface area contributed by atoms with Gasteiger partial charge in [0, 0.05) is 13.0 Å². The van der Waals surface area contributed by atoms with Crippen LogP contribution in [0.2, 0.25) is 5.02 Å². The standard InChI is InChI=1S/C11H14ClNO2/c1-8-4-5-10(9(12)7-8)13-6-2-3-11(14)15/h4-5,7,13H,2-3,6H2,1H3,(H,14,15). The van der Waals surface area contributed by atoms with Gasteiger partial charge >= 0.3 is 5.97 Å². The molecular weight excluding hydrogens is 214 g/mol. The third-order valence-electron chi connectivity index (χ3n) is 2.01. The minimum absolute atomic E-state index is 0.177. The van der Waals surface area contributed by atoms with Crippen molar-refractivity contribution in [2.75, 3.05) is 11.9 Å². The van der Waals surface area contributed by atoms with Crippen LogP contribution in [0.25, 0.3) is 0 Å². The Hall–Kier alpha value is -1.22. The fraction of sp³-hybridized carbons (Fsp3) is 0.364. The summed E-state index contributed by atoms with van der Waals surface area (Å²) >= 11 is 5.99. The third-order valence-corrected chi connectivity index (χ3v) is 2.32. The normalized spacial score (nSPS) is 10.0. The Balaban J connectivity index is 2.40. The number of carboxylic acids is 1. The van der Waals surface area contributed by atoms with Crippen LogP contribution in [0.3, 0.4) is 0 Å². The summed E-state index contributed by atoms with van der Waals surface area (Å²) in [4.78, 5) is 10.3. The summed E-state index contributed by atoms with van der Waals surface area (Å²) in [6, 6.07) is 5.74. The van der Waals surface area contributed by atoms with Gasteiger partial charge in [-0.1, -0.05) is 17.7 Å². The number of rotatable bonds is 5. The van der Waals surface area contributed by atoms with Gasteiger partial charge in [0.1, 0.15) is 0 Å². The summed E-state index contributed by atoms with van der Waals surface area (Å²) in [5.41, 5.74) is 1.96. The number of aliphatic carboxylic acids is 1. The molecule has 0 saturated carbocycles. The van der Waals surface area contributed by atoms with Crippen molar-refractivity contribution in [3.8, 4) is 0 Å². The van der Waals surface area contributed by atoms with Gasteiger partial charge in [0.05, 0.1) is 10.7 Å². The molecule has 0 amide bonds. The Labute approximate surface area is 94.1 Å². The predicted octanol–water partition coefficient (Wildman–Crippen LogP) is 2.93. The molecule has 4 heteroatoms. The van der Waals surface area contributed by atoms with Gasteiger partial charge in [0.15, 0.2) is 0 Å². The summed E-state index contributed by atoms with van der Waals surface area (Å²) < 4.78 is 0. The van der Waals surface area contributed by atoms with E-state index < -0.39 is 5.97 Å². The molecule has 0 radical (unpaired) electrons. The average molecular weight is 228 g/mol. The molecule has 0 aromatic heterocycles. The van der Waals surface area contributed by atoms with E-state index in [1.54, 1.807) is 0 Å². The summed E-state index contributed by atoms with van der Waals surface area (Å²) in [5, 5.41) is 12.2. The monoisotopic (exact) mass is 227 g/mol. The van der Waals surface area contributed by atoms with E-state index in [2.05, 4.69) is 5.32 Å². The molecule has 0 aliphatic rings. The summed E-state index contributed by atoms with van der Waals surface area (Å²) in [5.74, 6) is -0.771. The largest absolute Gasteiger partial charge is 0.481 e. The van der Waals surface area contributed by atoms with Crippen LogP contribution in [0.4, 0.5) is 5.69 Å². The van der Waals surface area contributed by atoms with E-state index in [1.807, 2.05) is 25.1 Å². The van der Waals surface area contributed by atoms with Gasteiger partial charge < -0.3 is 10.4 Å².